The van der Waals surface area contributed by atoms with E-state index >= 15 is 0 Å². The lowest BCUT2D eigenvalue weighted by Gasteiger charge is -2.38. The van der Waals surface area contributed by atoms with Crippen molar-refractivity contribution in [2.75, 3.05) is 43.4 Å². The number of carbonyl (C=O) groups excluding carboxylic acids is 1. The second kappa shape index (κ2) is 5.09. The zero-order valence-electron chi connectivity index (χ0n) is 10.9. The first kappa shape index (κ1) is 12.3. The Balaban J connectivity index is 1.63. The summed E-state index contributed by atoms with van der Waals surface area (Å²) in [7, 11) is 0. The molecule has 0 radical (unpaired) electrons. The van der Waals surface area contributed by atoms with Gasteiger partial charge in [-0.3, -0.25) is 9.69 Å². The molecule has 2 saturated heterocycles. The van der Waals surface area contributed by atoms with Gasteiger partial charge in [0, 0.05) is 32.6 Å². The number of rotatable bonds is 2. The first-order valence-electron chi connectivity index (χ1n) is 6.76. The molecule has 19 heavy (non-hydrogen) atoms. The van der Waals surface area contributed by atoms with Gasteiger partial charge in [0.1, 0.15) is 6.04 Å². The van der Waals surface area contributed by atoms with Crippen LogP contribution in [0.15, 0.2) is 24.3 Å². The van der Waals surface area contributed by atoms with Crippen molar-refractivity contribution in [2.24, 2.45) is 0 Å². The van der Waals surface area contributed by atoms with E-state index in [0.29, 0.717) is 6.61 Å². The molecule has 1 unspecified atom stereocenters. The average Bonchev–Trinajstić information content (AvgIpc) is 2.86. The normalized spacial score (nSPS) is 24.5. The van der Waals surface area contributed by atoms with Crippen molar-refractivity contribution in [1.29, 1.82) is 0 Å². The van der Waals surface area contributed by atoms with Gasteiger partial charge in [-0.2, -0.15) is 0 Å². The fraction of sp³-hybridized carbons (Fsp3) is 0.500. The maximum atomic E-state index is 11.6. The largest absolute Gasteiger partial charge is 0.464 e. The highest BCUT2D eigenvalue weighted by Crippen LogP contribution is 2.25. The minimum atomic E-state index is -0.0623. The molecule has 0 aliphatic carbocycles. The van der Waals surface area contributed by atoms with Crippen LogP contribution in [0.1, 0.15) is 6.42 Å². The third-order valence-electron chi connectivity index (χ3n) is 3.94. The van der Waals surface area contributed by atoms with Gasteiger partial charge in [-0.25, -0.2) is 0 Å². The minimum absolute atomic E-state index is 0.0322. The van der Waals surface area contributed by atoms with Crippen molar-refractivity contribution in [3.8, 4) is 0 Å². The molecule has 0 saturated carbocycles. The number of nitrogens with zero attached hydrogens (tertiary/aromatic N) is 2. The molecule has 0 aromatic heterocycles. The molecule has 2 fully saturated rings. The van der Waals surface area contributed by atoms with Crippen LogP contribution >= 0.6 is 0 Å². The fourth-order valence-electron chi connectivity index (χ4n) is 2.87. The smallest absolute Gasteiger partial charge is 0.323 e. The SMILES string of the molecule is Nc1ccccc1N1CCN(C2CCOC2=O)CC1. The molecule has 2 N–H and O–H groups in total. The third kappa shape index (κ3) is 2.38. The van der Waals surface area contributed by atoms with Crippen LogP contribution in [-0.4, -0.2) is 49.7 Å². The van der Waals surface area contributed by atoms with Crippen molar-refractivity contribution in [1.82, 2.24) is 4.90 Å². The van der Waals surface area contributed by atoms with Crippen LogP contribution in [-0.2, 0) is 9.53 Å². The number of ether oxygens (including phenoxy) is 1. The van der Waals surface area contributed by atoms with Crippen molar-refractivity contribution in [3.05, 3.63) is 24.3 Å². The highest BCUT2D eigenvalue weighted by atomic mass is 16.5. The van der Waals surface area contributed by atoms with Crippen molar-refractivity contribution < 1.29 is 9.53 Å². The summed E-state index contributed by atoms with van der Waals surface area (Å²) >= 11 is 0. The van der Waals surface area contributed by atoms with E-state index in [1.54, 1.807) is 0 Å². The fourth-order valence-corrected chi connectivity index (χ4v) is 2.87. The Kier molecular flexibility index (Phi) is 3.29. The van der Waals surface area contributed by atoms with Crippen molar-refractivity contribution >= 4 is 17.3 Å². The number of nitrogen functional groups attached to an aromatic ring is 1. The molecule has 2 heterocycles. The Bertz CT molecular complexity index is 470. The van der Waals surface area contributed by atoms with Crippen LogP contribution in [0.3, 0.4) is 0 Å². The monoisotopic (exact) mass is 261 g/mol. The Labute approximate surface area is 112 Å². The number of para-hydroxylation sites is 2. The molecule has 0 bridgehead atoms. The molecule has 1 aromatic rings. The number of piperazine rings is 1. The molecule has 0 amide bonds. The quantitative estimate of drug-likeness (QED) is 0.627. The van der Waals surface area contributed by atoms with E-state index in [4.69, 9.17) is 10.5 Å². The first-order chi connectivity index (χ1) is 9.25. The maximum absolute atomic E-state index is 11.6. The predicted octanol–water partition coefficient (Wildman–Crippen LogP) is 0.706. The summed E-state index contributed by atoms with van der Waals surface area (Å²) < 4.78 is 5.04. The van der Waals surface area contributed by atoms with Crippen LogP contribution in [0.4, 0.5) is 11.4 Å². The standard InChI is InChI=1S/C14H19N3O2/c15-11-3-1-2-4-12(11)16-6-8-17(9-7-16)13-5-10-19-14(13)18/h1-4,13H,5-10,15H2. The molecule has 3 rings (SSSR count). The lowest BCUT2D eigenvalue weighted by Crippen LogP contribution is -2.51. The summed E-state index contributed by atoms with van der Waals surface area (Å²) in [6, 6.07) is 7.90. The number of esters is 1. The van der Waals surface area contributed by atoms with Gasteiger partial charge in [-0.1, -0.05) is 12.1 Å². The van der Waals surface area contributed by atoms with Gasteiger partial charge in [0.25, 0.3) is 0 Å². The minimum Gasteiger partial charge on any atom is -0.464 e. The number of cyclic esters (lactones) is 1. The summed E-state index contributed by atoms with van der Waals surface area (Å²) in [5.74, 6) is -0.0623. The zero-order chi connectivity index (χ0) is 13.2. The topological polar surface area (TPSA) is 58.8 Å². The lowest BCUT2D eigenvalue weighted by atomic mass is 10.1. The van der Waals surface area contributed by atoms with Crippen molar-refractivity contribution in [3.63, 3.8) is 0 Å². The third-order valence-corrected chi connectivity index (χ3v) is 3.94. The number of carbonyl (C=O) groups is 1. The van der Waals surface area contributed by atoms with Gasteiger partial charge < -0.3 is 15.4 Å². The van der Waals surface area contributed by atoms with Gasteiger partial charge in [-0.05, 0) is 12.1 Å². The second-order valence-electron chi connectivity index (χ2n) is 5.05. The van der Waals surface area contributed by atoms with Gasteiger partial charge in [0.05, 0.1) is 18.0 Å². The van der Waals surface area contributed by atoms with Gasteiger partial charge in [0.15, 0.2) is 0 Å². The van der Waals surface area contributed by atoms with Crippen LogP contribution in [0, 0.1) is 0 Å². The van der Waals surface area contributed by atoms with E-state index in [1.807, 2.05) is 18.2 Å². The lowest BCUT2D eigenvalue weighted by molar-refractivity contribution is -0.142. The molecule has 0 spiro atoms. The van der Waals surface area contributed by atoms with E-state index in [9.17, 15) is 4.79 Å². The molecule has 2 aliphatic rings. The Hall–Kier alpha value is -1.75. The molecule has 1 atom stereocenters. The Morgan fingerprint density at radius 3 is 2.53 bits per heavy atom. The van der Waals surface area contributed by atoms with E-state index in [0.717, 1.165) is 44.0 Å². The average molecular weight is 261 g/mol. The summed E-state index contributed by atoms with van der Waals surface area (Å²) in [5, 5.41) is 0. The second-order valence-corrected chi connectivity index (χ2v) is 5.05. The summed E-state index contributed by atoms with van der Waals surface area (Å²) in [4.78, 5) is 16.1. The van der Waals surface area contributed by atoms with Crippen LogP contribution in [0.5, 0.6) is 0 Å². The molecule has 5 nitrogen and oxygen atoms in total. The molecule has 2 aliphatic heterocycles. The van der Waals surface area contributed by atoms with Gasteiger partial charge in [-0.15, -0.1) is 0 Å². The molecular weight excluding hydrogens is 242 g/mol. The van der Waals surface area contributed by atoms with Crippen LogP contribution in [0.25, 0.3) is 0 Å². The van der Waals surface area contributed by atoms with E-state index < -0.39 is 0 Å². The number of anilines is 2. The summed E-state index contributed by atoms with van der Waals surface area (Å²) in [6.07, 6.45) is 0.826. The van der Waals surface area contributed by atoms with Crippen LogP contribution < -0.4 is 10.6 Å². The number of hydrogen-bond acceptors (Lipinski definition) is 5. The molecule has 1 aromatic carbocycles. The summed E-state index contributed by atoms with van der Waals surface area (Å²) in [5.41, 5.74) is 7.91. The first-order valence-corrected chi connectivity index (χ1v) is 6.76. The molecule has 5 heteroatoms. The predicted molar refractivity (Wildman–Crippen MR) is 74.0 cm³/mol. The zero-order valence-corrected chi connectivity index (χ0v) is 10.9. The number of nitrogens with two attached hydrogens (primary N) is 1. The maximum Gasteiger partial charge on any atom is 0.323 e. The highest BCUT2D eigenvalue weighted by Gasteiger charge is 2.34. The Morgan fingerprint density at radius 1 is 1.16 bits per heavy atom. The van der Waals surface area contributed by atoms with E-state index in [1.165, 1.54) is 0 Å². The highest BCUT2D eigenvalue weighted by molar-refractivity contribution is 5.77. The number of hydrogen-bond donors (Lipinski definition) is 1. The van der Waals surface area contributed by atoms with E-state index in [-0.39, 0.29) is 12.0 Å². The van der Waals surface area contributed by atoms with Crippen LogP contribution in [0.2, 0.25) is 0 Å². The molecular formula is C14H19N3O2. The molecule has 102 valence electrons. The van der Waals surface area contributed by atoms with E-state index in [2.05, 4.69) is 15.9 Å². The number of benzene rings is 1. The van der Waals surface area contributed by atoms with Gasteiger partial charge >= 0.3 is 5.97 Å². The van der Waals surface area contributed by atoms with Crippen molar-refractivity contribution in [2.45, 2.75) is 12.5 Å². The summed E-state index contributed by atoms with van der Waals surface area (Å²) in [6.45, 7) is 4.13. The van der Waals surface area contributed by atoms with Gasteiger partial charge in [0.2, 0.25) is 0 Å². The Morgan fingerprint density at radius 2 is 1.89 bits per heavy atom.